The van der Waals surface area contributed by atoms with Gasteiger partial charge < -0.3 is 10.1 Å². The molecule has 0 aliphatic carbocycles. The number of ether oxygens (including phenoxy) is 1. The molecule has 0 heterocycles. The summed E-state index contributed by atoms with van der Waals surface area (Å²) in [5.41, 5.74) is 2.01. The van der Waals surface area contributed by atoms with Crippen LogP contribution in [-0.4, -0.2) is 15.0 Å². The fourth-order valence-electron chi connectivity index (χ4n) is 2.46. The van der Waals surface area contributed by atoms with Crippen molar-refractivity contribution < 1.29 is 17.5 Å². The maximum absolute atomic E-state index is 13.0. The van der Waals surface area contributed by atoms with Gasteiger partial charge in [0.2, 0.25) is 0 Å². The molecule has 0 saturated carbocycles. The molecule has 3 rings (SSSR count). The lowest BCUT2D eigenvalue weighted by Crippen LogP contribution is -2.12. The van der Waals surface area contributed by atoms with Gasteiger partial charge in [-0.05, 0) is 67.6 Å². The van der Waals surface area contributed by atoms with E-state index in [-0.39, 0.29) is 4.90 Å². The fraction of sp³-hybridized carbons (Fsp3) is 0.100. The van der Waals surface area contributed by atoms with Gasteiger partial charge in [0.05, 0.1) is 17.2 Å². The topological polar surface area (TPSA) is 67.4 Å². The van der Waals surface area contributed by atoms with Gasteiger partial charge in [-0.1, -0.05) is 12.1 Å². The summed E-state index contributed by atoms with van der Waals surface area (Å²) in [6, 6.07) is 19.0. The Balaban J connectivity index is 1.73. The molecule has 0 saturated heterocycles. The molecule has 5 nitrogen and oxygen atoms in total. The van der Waals surface area contributed by atoms with Crippen LogP contribution < -0.4 is 14.8 Å². The average Bonchev–Trinajstić information content (AvgIpc) is 2.65. The number of halogens is 1. The van der Waals surface area contributed by atoms with E-state index in [0.717, 1.165) is 29.3 Å². The summed E-state index contributed by atoms with van der Waals surface area (Å²) in [5, 5.41) is 3.24. The predicted octanol–water partition coefficient (Wildman–Crippen LogP) is 4.77. The summed E-state index contributed by atoms with van der Waals surface area (Å²) in [6.07, 6.45) is 0. The molecule has 0 bridgehead atoms. The molecule has 0 amide bonds. The highest BCUT2D eigenvalue weighted by Gasteiger charge is 2.14. The zero-order valence-corrected chi connectivity index (χ0v) is 15.5. The van der Waals surface area contributed by atoms with E-state index in [0.29, 0.717) is 12.3 Å². The van der Waals surface area contributed by atoms with E-state index in [1.54, 1.807) is 24.3 Å². The molecule has 0 aliphatic rings. The molecule has 3 aromatic rings. The van der Waals surface area contributed by atoms with Gasteiger partial charge in [0.15, 0.2) is 0 Å². The number of rotatable bonds is 7. The summed E-state index contributed by atoms with van der Waals surface area (Å²) in [5.74, 6) is 0.248. The Morgan fingerprint density at radius 3 is 2.19 bits per heavy atom. The molecule has 0 aromatic heterocycles. The van der Waals surface area contributed by atoms with E-state index >= 15 is 0 Å². The summed E-state index contributed by atoms with van der Waals surface area (Å²) >= 11 is 0. The lowest BCUT2D eigenvalue weighted by molar-refractivity contribution is 0.342. The van der Waals surface area contributed by atoms with Crippen LogP contribution in [0.3, 0.4) is 0 Å². The van der Waals surface area contributed by atoms with Gasteiger partial charge in [0.1, 0.15) is 11.6 Å². The van der Waals surface area contributed by atoms with Gasteiger partial charge in [0, 0.05) is 11.4 Å². The second-order valence-electron chi connectivity index (χ2n) is 5.69. The van der Waals surface area contributed by atoms with E-state index in [9.17, 15) is 12.8 Å². The van der Waals surface area contributed by atoms with Crippen molar-refractivity contribution in [3.63, 3.8) is 0 Å². The first-order chi connectivity index (χ1) is 13.0. The van der Waals surface area contributed by atoms with E-state index in [1.165, 1.54) is 12.1 Å². The highest BCUT2D eigenvalue weighted by molar-refractivity contribution is 7.92. The van der Waals surface area contributed by atoms with Gasteiger partial charge in [0.25, 0.3) is 10.0 Å². The van der Waals surface area contributed by atoms with Gasteiger partial charge in [-0.3, -0.25) is 4.72 Å². The second kappa shape index (κ2) is 8.09. The first kappa shape index (κ1) is 18.7. The van der Waals surface area contributed by atoms with Crippen molar-refractivity contribution in [2.45, 2.75) is 11.8 Å². The third-order valence-electron chi connectivity index (χ3n) is 3.73. The maximum atomic E-state index is 13.0. The fourth-order valence-corrected chi connectivity index (χ4v) is 3.51. The molecule has 0 aliphatic heterocycles. The van der Waals surface area contributed by atoms with Crippen molar-refractivity contribution in [3.05, 3.63) is 78.6 Å². The van der Waals surface area contributed by atoms with Crippen LogP contribution in [0.4, 0.5) is 21.5 Å². The molecule has 27 heavy (non-hydrogen) atoms. The molecular weight excluding hydrogens is 367 g/mol. The second-order valence-corrected chi connectivity index (χ2v) is 7.37. The lowest BCUT2D eigenvalue weighted by Gasteiger charge is -2.13. The standard InChI is InChI=1S/C20H19FN2O3S/c1-2-26-20-6-4-3-5-19(20)22-16-9-11-17(12-10-16)23-27(24,25)18-13-7-15(21)8-14-18/h3-14,22-23H,2H2,1H3. The van der Waals surface area contributed by atoms with Crippen LogP contribution in [0, 0.1) is 5.82 Å². The number of hydrogen-bond acceptors (Lipinski definition) is 4. The van der Waals surface area contributed by atoms with Crippen LogP contribution in [0.15, 0.2) is 77.7 Å². The Hall–Kier alpha value is -3.06. The number of hydrogen-bond donors (Lipinski definition) is 2. The highest BCUT2D eigenvalue weighted by Crippen LogP contribution is 2.28. The Bertz CT molecular complexity index is 1000. The lowest BCUT2D eigenvalue weighted by atomic mass is 10.2. The Kier molecular flexibility index (Phi) is 5.61. The quantitative estimate of drug-likeness (QED) is 0.614. The molecular formula is C20H19FN2O3S. The van der Waals surface area contributed by atoms with Crippen molar-refractivity contribution in [3.8, 4) is 5.75 Å². The molecule has 3 aromatic carbocycles. The van der Waals surface area contributed by atoms with E-state index in [4.69, 9.17) is 4.74 Å². The van der Waals surface area contributed by atoms with Crippen molar-refractivity contribution in [1.29, 1.82) is 0 Å². The molecule has 0 unspecified atom stereocenters. The van der Waals surface area contributed by atoms with Gasteiger partial charge in [-0.15, -0.1) is 0 Å². The minimum Gasteiger partial charge on any atom is -0.492 e. The smallest absolute Gasteiger partial charge is 0.261 e. The number of sulfonamides is 1. The van der Waals surface area contributed by atoms with E-state index in [2.05, 4.69) is 10.0 Å². The van der Waals surface area contributed by atoms with E-state index in [1.807, 2.05) is 31.2 Å². The number of nitrogens with one attached hydrogen (secondary N) is 2. The molecule has 140 valence electrons. The van der Waals surface area contributed by atoms with Crippen LogP contribution >= 0.6 is 0 Å². The minimum atomic E-state index is -3.77. The number of para-hydroxylation sites is 2. The van der Waals surface area contributed by atoms with Gasteiger partial charge >= 0.3 is 0 Å². The Morgan fingerprint density at radius 1 is 0.889 bits per heavy atom. The molecule has 0 atom stereocenters. The molecule has 0 fully saturated rings. The van der Waals surface area contributed by atoms with Crippen LogP contribution in [0.25, 0.3) is 0 Å². The van der Waals surface area contributed by atoms with Crippen molar-refractivity contribution in [2.24, 2.45) is 0 Å². The van der Waals surface area contributed by atoms with Crippen LogP contribution in [0.1, 0.15) is 6.92 Å². The third-order valence-corrected chi connectivity index (χ3v) is 5.12. The Labute approximate surface area is 157 Å². The first-order valence-electron chi connectivity index (χ1n) is 8.35. The third kappa shape index (κ3) is 4.77. The minimum absolute atomic E-state index is 0.00302. The zero-order chi connectivity index (χ0) is 19.3. The number of benzene rings is 3. The summed E-state index contributed by atoms with van der Waals surface area (Å²) in [7, 11) is -3.77. The zero-order valence-electron chi connectivity index (χ0n) is 14.6. The van der Waals surface area contributed by atoms with Crippen molar-refractivity contribution in [1.82, 2.24) is 0 Å². The average molecular weight is 386 g/mol. The van der Waals surface area contributed by atoms with Crippen molar-refractivity contribution in [2.75, 3.05) is 16.6 Å². The summed E-state index contributed by atoms with van der Waals surface area (Å²) in [4.78, 5) is -0.00302. The Morgan fingerprint density at radius 2 is 1.52 bits per heavy atom. The molecule has 2 N–H and O–H groups in total. The molecule has 0 spiro atoms. The van der Waals surface area contributed by atoms with E-state index < -0.39 is 15.8 Å². The number of anilines is 3. The summed E-state index contributed by atoms with van der Waals surface area (Å²) < 4.78 is 45.7. The molecule has 7 heteroatoms. The maximum Gasteiger partial charge on any atom is 0.261 e. The largest absolute Gasteiger partial charge is 0.492 e. The van der Waals surface area contributed by atoms with Crippen LogP contribution in [0.5, 0.6) is 5.75 Å². The predicted molar refractivity (Wildman–Crippen MR) is 105 cm³/mol. The SMILES string of the molecule is CCOc1ccccc1Nc1ccc(NS(=O)(=O)c2ccc(F)cc2)cc1. The van der Waals surface area contributed by atoms with Gasteiger partial charge in [-0.25, -0.2) is 12.8 Å². The normalized spacial score (nSPS) is 11.0. The highest BCUT2D eigenvalue weighted by atomic mass is 32.2. The molecule has 0 radical (unpaired) electrons. The first-order valence-corrected chi connectivity index (χ1v) is 9.83. The van der Waals surface area contributed by atoms with Gasteiger partial charge in [-0.2, -0.15) is 0 Å². The monoisotopic (exact) mass is 386 g/mol. The van der Waals surface area contributed by atoms with Crippen LogP contribution in [0.2, 0.25) is 0 Å². The van der Waals surface area contributed by atoms with Crippen LogP contribution in [-0.2, 0) is 10.0 Å². The summed E-state index contributed by atoms with van der Waals surface area (Å²) in [6.45, 7) is 2.47. The van der Waals surface area contributed by atoms with Crippen molar-refractivity contribution >= 4 is 27.1 Å².